The maximum Gasteiger partial charge on any atom is 0.416 e. The molecule has 0 aliphatic rings. The number of halogens is 3. The van der Waals surface area contributed by atoms with Crippen molar-refractivity contribution in [3.8, 4) is 0 Å². The molecule has 0 bridgehead atoms. The van der Waals surface area contributed by atoms with Crippen LogP contribution in [0.3, 0.4) is 0 Å². The Kier molecular flexibility index (Phi) is 7.34. The van der Waals surface area contributed by atoms with Crippen LogP contribution in [0.4, 0.5) is 30.2 Å². The van der Waals surface area contributed by atoms with Gasteiger partial charge in [-0.25, -0.2) is 0 Å². The van der Waals surface area contributed by atoms with E-state index in [2.05, 4.69) is 46.6 Å². The van der Waals surface area contributed by atoms with Gasteiger partial charge in [-0.3, -0.25) is 4.74 Å². The fraction of sp³-hybridized carbons (Fsp3) is 0.0323. The third-order valence-electron chi connectivity index (χ3n) is 5.98. The Balaban J connectivity index is 1.55. The van der Waals surface area contributed by atoms with Crippen molar-refractivity contribution in [3.05, 3.63) is 145 Å². The van der Waals surface area contributed by atoms with Crippen LogP contribution in [-0.2, 0) is 6.18 Å². The third-order valence-corrected chi connectivity index (χ3v) is 9.65. The van der Waals surface area contributed by atoms with Gasteiger partial charge in [-0.15, -0.1) is 0 Å². The van der Waals surface area contributed by atoms with Crippen molar-refractivity contribution in [1.82, 2.24) is 0 Å². The molecule has 0 spiro atoms. The first kappa shape index (κ1) is 25.4. The highest BCUT2D eigenvalue weighted by Gasteiger charge is 2.30. The lowest BCUT2D eigenvalue weighted by Crippen LogP contribution is -2.25. The second kappa shape index (κ2) is 11.0. The largest absolute Gasteiger partial charge is 0.416 e. The standard InChI is InChI=1S/C31H23F3N3P/c32-31(33,34)24-16-18-25(19-17-24)35-36-26-20-22-27(23-21-26)37-38(28-10-4-1-5-11-28,29-12-6-2-7-13-29)30-14-8-3-9-15-30/h1-23H. The van der Waals surface area contributed by atoms with E-state index in [9.17, 15) is 13.2 Å². The SMILES string of the molecule is FC(F)(F)c1ccc(N=Nc2ccc(N=P(c3ccccc3)(c3ccccc3)c3ccccc3)cc2)cc1. The first-order chi connectivity index (χ1) is 18.4. The zero-order valence-electron chi connectivity index (χ0n) is 20.2. The molecular formula is C31H23F3N3P. The number of benzene rings is 5. The Morgan fingerprint density at radius 2 is 0.763 bits per heavy atom. The summed E-state index contributed by atoms with van der Waals surface area (Å²) >= 11 is 0. The van der Waals surface area contributed by atoms with Gasteiger partial charge in [-0.05, 0) is 48.5 Å². The summed E-state index contributed by atoms with van der Waals surface area (Å²) in [6.07, 6.45) is -4.38. The van der Waals surface area contributed by atoms with E-state index in [0.717, 1.165) is 33.7 Å². The highest BCUT2D eigenvalue weighted by molar-refractivity contribution is 7.87. The second-order valence-corrected chi connectivity index (χ2v) is 11.5. The van der Waals surface area contributed by atoms with E-state index >= 15 is 0 Å². The molecule has 0 aliphatic heterocycles. The van der Waals surface area contributed by atoms with Crippen LogP contribution >= 0.6 is 7.05 Å². The average Bonchev–Trinajstić information content (AvgIpc) is 2.97. The lowest BCUT2D eigenvalue weighted by atomic mass is 10.2. The Hall–Kier alpha value is -4.28. The zero-order valence-corrected chi connectivity index (χ0v) is 21.1. The minimum atomic E-state index is -4.38. The van der Waals surface area contributed by atoms with Gasteiger partial charge in [0.15, 0.2) is 0 Å². The number of nitrogens with zero attached hydrogens (tertiary/aromatic N) is 3. The van der Waals surface area contributed by atoms with Crippen molar-refractivity contribution in [3.63, 3.8) is 0 Å². The van der Waals surface area contributed by atoms with Gasteiger partial charge in [-0.1, -0.05) is 91.0 Å². The molecular weight excluding hydrogens is 502 g/mol. The molecule has 0 heterocycles. The smallest absolute Gasteiger partial charge is 0.254 e. The van der Waals surface area contributed by atoms with E-state index in [1.165, 1.54) is 12.1 Å². The summed E-state index contributed by atoms with van der Waals surface area (Å²) in [5, 5.41) is 11.7. The van der Waals surface area contributed by atoms with Crippen molar-refractivity contribution >= 4 is 40.0 Å². The minimum Gasteiger partial charge on any atom is -0.254 e. The topological polar surface area (TPSA) is 37.1 Å². The fourth-order valence-corrected chi connectivity index (χ4v) is 7.67. The van der Waals surface area contributed by atoms with Gasteiger partial charge in [0.25, 0.3) is 0 Å². The Labute approximate surface area is 219 Å². The summed E-state index contributed by atoms with van der Waals surface area (Å²) < 4.78 is 43.8. The van der Waals surface area contributed by atoms with Crippen LogP contribution in [0, 0.1) is 0 Å². The van der Waals surface area contributed by atoms with Crippen LogP contribution in [-0.4, -0.2) is 0 Å². The van der Waals surface area contributed by atoms with E-state index in [1.807, 2.05) is 78.9 Å². The van der Waals surface area contributed by atoms with Crippen molar-refractivity contribution in [1.29, 1.82) is 0 Å². The maximum absolute atomic E-state index is 12.8. The van der Waals surface area contributed by atoms with E-state index in [0.29, 0.717) is 11.4 Å². The molecule has 0 saturated carbocycles. The lowest BCUT2D eigenvalue weighted by molar-refractivity contribution is -0.137. The number of alkyl halides is 3. The monoisotopic (exact) mass is 525 g/mol. The number of hydrogen-bond donors (Lipinski definition) is 0. The Bertz CT molecular complexity index is 1460. The molecule has 0 N–H and O–H groups in total. The molecule has 188 valence electrons. The van der Waals surface area contributed by atoms with Gasteiger partial charge in [0.2, 0.25) is 0 Å². The average molecular weight is 526 g/mol. The summed E-state index contributed by atoms with van der Waals surface area (Å²) in [6.45, 7) is 0. The number of azo groups is 1. The molecule has 0 fully saturated rings. The van der Waals surface area contributed by atoms with Gasteiger partial charge in [0.05, 0.1) is 29.7 Å². The molecule has 0 radical (unpaired) electrons. The molecule has 5 rings (SSSR count). The van der Waals surface area contributed by atoms with E-state index in [-0.39, 0.29) is 0 Å². The molecule has 38 heavy (non-hydrogen) atoms. The van der Waals surface area contributed by atoms with Gasteiger partial charge < -0.3 is 0 Å². The molecule has 0 atom stereocenters. The molecule has 0 saturated heterocycles. The lowest BCUT2D eigenvalue weighted by Gasteiger charge is -2.27. The normalized spacial score (nSPS) is 12.0. The molecule has 5 aromatic rings. The summed E-state index contributed by atoms with van der Waals surface area (Å²) in [6, 6.07) is 43.0. The summed E-state index contributed by atoms with van der Waals surface area (Å²) in [7, 11) is -2.39. The van der Waals surface area contributed by atoms with Gasteiger partial charge in [0.1, 0.15) is 0 Å². The van der Waals surface area contributed by atoms with Crippen molar-refractivity contribution in [2.45, 2.75) is 6.18 Å². The molecule has 0 unspecified atom stereocenters. The van der Waals surface area contributed by atoms with E-state index in [1.54, 1.807) is 0 Å². The van der Waals surface area contributed by atoms with Gasteiger partial charge in [0, 0.05) is 15.9 Å². The van der Waals surface area contributed by atoms with Crippen LogP contribution in [0.25, 0.3) is 0 Å². The molecule has 7 heteroatoms. The Morgan fingerprint density at radius 3 is 1.13 bits per heavy atom. The highest BCUT2D eigenvalue weighted by atomic mass is 31.2. The van der Waals surface area contributed by atoms with E-state index < -0.39 is 18.8 Å². The number of hydrogen-bond acceptors (Lipinski definition) is 3. The second-order valence-electron chi connectivity index (χ2n) is 8.50. The van der Waals surface area contributed by atoms with Crippen molar-refractivity contribution in [2.75, 3.05) is 0 Å². The van der Waals surface area contributed by atoms with Gasteiger partial charge in [-0.2, -0.15) is 23.4 Å². The van der Waals surface area contributed by atoms with Crippen LogP contribution in [0.15, 0.2) is 154 Å². The predicted octanol–water partition coefficient (Wildman–Crippen LogP) is 8.93. The van der Waals surface area contributed by atoms with Gasteiger partial charge >= 0.3 is 6.18 Å². The fourth-order valence-electron chi connectivity index (χ4n) is 4.14. The first-order valence-electron chi connectivity index (χ1n) is 11.9. The molecule has 3 nitrogen and oxygen atoms in total. The zero-order chi connectivity index (χ0) is 26.4. The van der Waals surface area contributed by atoms with Crippen LogP contribution in [0.2, 0.25) is 0 Å². The van der Waals surface area contributed by atoms with E-state index in [4.69, 9.17) is 4.74 Å². The minimum absolute atomic E-state index is 0.342. The third kappa shape index (κ3) is 5.51. The molecule has 0 aliphatic carbocycles. The van der Waals surface area contributed by atoms with Crippen LogP contribution in [0.5, 0.6) is 0 Å². The summed E-state index contributed by atoms with van der Waals surface area (Å²) in [5.41, 5.74) is 0.994. The van der Waals surface area contributed by atoms with Crippen LogP contribution < -0.4 is 15.9 Å². The number of rotatable bonds is 6. The first-order valence-corrected chi connectivity index (χ1v) is 13.7. The van der Waals surface area contributed by atoms with Crippen molar-refractivity contribution in [2.24, 2.45) is 15.0 Å². The Morgan fingerprint density at radius 1 is 0.421 bits per heavy atom. The van der Waals surface area contributed by atoms with Crippen molar-refractivity contribution < 1.29 is 13.2 Å². The predicted molar refractivity (Wildman–Crippen MR) is 149 cm³/mol. The maximum atomic E-state index is 12.8. The summed E-state index contributed by atoms with van der Waals surface area (Å²) in [4.78, 5) is 0. The van der Waals surface area contributed by atoms with Crippen LogP contribution in [0.1, 0.15) is 5.56 Å². The molecule has 0 amide bonds. The molecule has 5 aromatic carbocycles. The summed E-state index contributed by atoms with van der Waals surface area (Å²) in [5.74, 6) is 0. The highest BCUT2D eigenvalue weighted by Crippen LogP contribution is 2.49. The molecule has 0 aromatic heterocycles. The quantitative estimate of drug-likeness (QED) is 0.157.